The number of ether oxygens (including phenoxy) is 2. The van der Waals surface area contributed by atoms with Crippen LogP contribution in [-0.2, 0) is 18.6 Å². The monoisotopic (exact) mass is 576 g/mol. The third-order valence-corrected chi connectivity index (χ3v) is 8.58. The Labute approximate surface area is 261 Å². The van der Waals surface area contributed by atoms with E-state index in [1.807, 2.05) is 12.1 Å². The van der Waals surface area contributed by atoms with Crippen LogP contribution in [0.5, 0.6) is 11.5 Å². The standard InChI is InChI=1S/C41H52O2/c1-33(2)15-11-13-29-41(30-14-12-16-34(3)4,37-21-25-39(26-22-37)42-31-35-17-7-5-8-18-35)38-23-27-40(28-24-38)43-32-36-19-9-6-10-20-36/h5-10,17-28,33-34H,11-16,29-32H2,1-4H3. The molecule has 43 heavy (non-hydrogen) atoms. The number of benzene rings is 4. The van der Waals surface area contributed by atoms with E-state index in [-0.39, 0.29) is 5.41 Å². The first-order valence-corrected chi connectivity index (χ1v) is 16.5. The fraction of sp³-hybridized carbons (Fsp3) is 0.415. The zero-order valence-electron chi connectivity index (χ0n) is 26.9. The van der Waals surface area contributed by atoms with Crippen molar-refractivity contribution >= 4 is 0 Å². The largest absolute Gasteiger partial charge is 0.489 e. The molecule has 4 aromatic carbocycles. The van der Waals surface area contributed by atoms with Gasteiger partial charge in [-0.1, -0.05) is 151 Å². The molecule has 0 aliphatic heterocycles. The van der Waals surface area contributed by atoms with E-state index in [1.54, 1.807) is 0 Å². The summed E-state index contributed by atoms with van der Waals surface area (Å²) in [7, 11) is 0. The van der Waals surface area contributed by atoms with Gasteiger partial charge in [-0.3, -0.25) is 0 Å². The average Bonchev–Trinajstić information content (AvgIpc) is 3.03. The maximum absolute atomic E-state index is 6.18. The zero-order chi connectivity index (χ0) is 30.3. The van der Waals surface area contributed by atoms with Crippen LogP contribution in [0, 0.1) is 11.8 Å². The molecule has 0 saturated heterocycles. The molecule has 0 saturated carbocycles. The van der Waals surface area contributed by atoms with Gasteiger partial charge in [0.1, 0.15) is 24.7 Å². The van der Waals surface area contributed by atoms with Gasteiger partial charge in [0.05, 0.1) is 0 Å². The second-order valence-corrected chi connectivity index (χ2v) is 13.0. The van der Waals surface area contributed by atoms with Gasteiger partial charge in [0.2, 0.25) is 0 Å². The number of unbranched alkanes of at least 4 members (excludes halogenated alkanes) is 2. The molecule has 4 rings (SSSR count). The third-order valence-electron chi connectivity index (χ3n) is 8.58. The summed E-state index contributed by atoms with van der Waals surface area (Å²) in [5.74, 6) is 3.32. The number of hydrogen-bond acceptors (Lipinski definition) is 2. The van der Waals surface area contributed by atoms with E-state index < -0.39 is 0 Å². The quantitative estimate of drug-likeness (QED) is 0.110. The normalized spacial score (nSPS) is 11.7. The third kappa shape index (κ3) is 10.3. The molecule has 4 aromatic rings. The molecule has 0 fully saturated rings. The summed E-state index contributed by atoms with van der Waals surface area (Å²) in [5.41, 5.74) is 5.12. The maximum Gasteiger partial charge on any atom is 0.119 e. The molecule has 0 amide bonds. The molecular formula is C41H52O2. The van der Waals surface area contributed by atoms with Crippen molar-refractivity contribution in [2.24, 2.45) is 11.8 Å². The highest BCUT2D eigenvalue weighted by atomic mass is 16.5. The van der Waals surface area contributed by atoms with Crippen molar-refractivity contribution in [3.63, 3.8) is 0 Å². The van der Waals surface area contributed by atoms with Crippen LogP contribution in [0.2, 0.25) is 0 Å². The van der Waals surface area contributed by atoms with E-state index in [9.17, 15) is 0 Å². The smallest absolute Gasteiger partial charge is 0.119 e. The molecule has 2 nitrogen and oxygen atoms in total. The Hall–Kier alpha value is -3.52. The predicted molar refractivity (Wildman–Crippen MR) is 182 cm³/mol. The van der Waals surface area contributed by atoms with E-state index in [2.05, 4.69) is 125 Å². The van der Waals surface area contributed by atoms with E-state index in [1.165, 1.54) is 60.8 Å². The Balaban J connectivity index is 1.59. The van der Waals surface area contributed by atoms with Crippen molar-refractivity contribution < 1.29 is 9.47 Å². The van der Waals surface area contributed by atoms with Crippen LogP contribution in [0.25, 0.3) is 0 Å². The van der Waals surface area contributed by atoms with E-state index in [0.29, 0.717) is 13.2 Å². The lowest BCUT2D eigenvalue weighted by molar-refractivity contribution is 0.305. The highest BCUT2D eigenvalue weighted by molar-refractivity contribution is 5.43. The first kappa shape index (κ1) is 32.4. The molecule has 0 atom stereocenters. The summed E-state index contributed by atoms with van der Waals surface area (Å²) in [6.07, 6.45) is 9.83. The second kappa shape index (κ2) is 16.9. The van der Waals surface area contributed by atoms with Gasteiger partial charge >= 0.3 is 0 Å². The van der Waals surface area contributed by atoms with Crippen molar-refractivity contribution in [3.8, 4) is 11.5 Å². The molecule has 0 aliphatic rings. The molecule has 0 aliphatic carbocycles. The second-order valence-electron chi connectivity index (χ2n) is 13.0. The molecule has 0 aromatic heterocycles. The molecule has 0 radical (unpaired) electrons. The van der Waals surface area contributed by atoms with Crippen LogP contribution in [0.1, 0.15) is 101 Å². The van der Waals surface area contributed by atoms with E-state index in [0.717, 1.165) is 36.2 Å². The molecular weight excluding hydrogens is 524 g/mol. The van der Waals surface area contributed by atoms with Crippen LogP contribution < -0.4 is 9.47 Å². The molecule has 0 unspecified atom stereocenters. The molecule has 0 N–H and O–H groups in total. The highest BCUT2D eigenvalue weighted by Gasteiger charge is 2.33. The molecule has 2 heteroatoms. The number of hydrogen-bond donors (Lipinski definition) is 0. The maximum atomic E-state index is 6.18. The molecule has 228 valence electrons. The Bertz CT molecular complexity index is 1190. The van der Waals surface area contributed by atoms with Crippen molar-refractivity contribution in [2.45, 2.75) is 97.7 Å². The van der Waals surface area contributed by atoms with Crippen LogP contribution in [0.15, 0.2) is 109 Å². The van der Waals surface area contributed by atoms with Gasteiger partial charge in [-0.05, 0) is 71.2 Å². The first-order valence-electron chi connectivity index (χ1n) is 16.5. The van der Waals surface area contributed by atoms with E-state index in [4.69, 9.17) is 9.47 Å². The summed E-state index contributed by atoms with van der Waals surface area (Å²) in [6, 6.07) is 38.8. The lowest BCUT2D eigenvalue weighted by Crippen LogP contribution is -2.28. The minimum Gasteiger partial charge on any atom is -0.489 e. The summed E-state index contributed by atoms with van der Waals surface area (Å²) >= 11 is 0. The zero-order valence-corrected chi connectivity index (χ0v) is 26.9. The van der Waals surface area contributed by atoms with Crippen molar-refractivity contribution in [3.05, 3.63) is 131 Å². The van der Waals surface area contributed by atoms with Gasteiger partial charge < -0.3 is 9.47 Å². The topological polar surface area (TPSA) is 18.5 Å². The van der Waals surface area contributed by atoms with Crippen LogP contribution in [-0.4, -0.2) is 0 Å². The summed E-state index contributed by atoms with van der Waals surface area (Å²) in [4.78, 5) is 0. The van der Waals surface area contributed by atoms with Gasteiger partial charge in [0.15, 0.2) is 0 Å². The van der Waals surface area contributed by atoms with Gasteiger partial charge in [-0.2, -0.15) is 0 Å². The number of rotatable bonds is 18. The lowest BCUT2D eigenvalue weighted by Gasteiger charge is -2.36. The minimum atomic E-state index is -0.0378. The SMILES string of the molecule is CC(C)CCCCC(CCCCC(C)C)(c1ccc(OCc2ccccc2)cc1)c1ccc(OCc2ccccc2)cc1. The molecule has 0 bridgehead atoms. The van der Waals surface area contributed by atoms with Gasteiger partial charge in [0, 0.05) is 5.41 Å². The molecule has 0 spiro atoms. The van der Waals surface area contributed by atoms with Crippen LogP contribution in [0.3, 0.4) is 0 Å². The average molecular weight is 577 g/mol. The highest BCUT2D eigenvalue weighted by Crippen LogP contribution is 2.43. The first-order chi connectivity index (χ1) is 20.9. The van der Waals surface area contributed by atoms with Crippen LogP contribution in [0.4, 0.5) is 0 Å². The summed E-state index contributed by atoms with van der Waals surface area (Å²) in [5, 5.41) is 0. The van der Waals surface area contributed by atoms with Gasteiger partial charge in [-0.25, -0.2) is 0 Å². The van der Waals surface area contributed by atoms with Crippen LogP contribution >= 0.6 is 0 Å². The predicted octanol–water partition coefficient (Wildman–Crippen LogP) is 11.6. The van der Waals surface area contributed by atoms with Crippen molar-refractivity contribution in [2.75, 3.05) is 0 Å². The summed E-state index contributed by atoms with van der Waals surface area (Å²) in [6.45, 7) is 10.5. The van der Waals surface area contributed by atoms with E-state index >= 15 is 0 Å². The van der Waals surface area contributed by atoms with Crippen molar-refractivity contribution in [1.82, 2.24) is 0 Å². The Morgan fingerprint density at radius 3 is 1.19 bits per heavy atom. The Morgan fingerprint density at radius 1 is 0.465 bits per heavy atom. The Kier molecular flexibility index (Phi) is 12.8. The molecule has 0 heterocycles. The lowest BCUT2D eigenvalue weighted by atomic mass is 9.67. The van der Waals surface area contributed by atoms with Gasteiger partial charge in [0.25, 0.3) is 0 Å². The summed E-state index contributed by atoms with van der Waals surface area (Å²) < 4.78 is 12.4. The fourth-order valence-electron chi connectivity index (χ4n) is 6.05. The van der Waals surface area contributed by atoms with Gasteiger partial charge in [-0.15, -0.1) is 0 Å². The fourth-order valence-corrected chi connectivity index (χ4v) is 6.05. The minimum absolute atomic E-state index is 0.0378. The Morgan fingerprint density at radius 2 is 0.837 bits per heavy atom. The van der Waals surface area contributed by atoms with Crippen molar-refractivity contribution in [1.29, 1.82) is 0 Å².